The van der Waals surface area contributed by atoms with Crippen LogP contribution in [0.25, 0.3) is 11.1 Å². The fourth-order valence-electron chi connectivity index (χ4n) is 4.73. The first kappa shape index (κ1) is 19.6. The molecule has 0 amide bonds. The van der Waals surface area contributed by atoms with Gasteiger partial charge in [-0.1, -0.05) is 44.2 Å². The first-order chi connectivity index (χ1) is 13.8. The lowest BCUT2D eigenvalue weighted by atomic mass is 9.69. The molecule has 4 heteroatoms. The van der Waals surface area contributed by atoms with Gasteiger partial charge in [-0.05, 0) is 53.5 Å². The number of rotatable bonds is 3. The Morgan fingerprint density at radius 3 is 2.48 bits per heavy atom. The third-order valence-corrected chi connectivity index (χ3v) is 5.96. The topological polar surface area (TPSA) is 43.4 Å². The summed E-state index contributed by atoms with van der Waals surface area (Å²) in [6, 6.07) is 8.04. The third-order valence-electron chi connectivity index (χ3n) is 5.96. The number of carbonyl (C=O) groups excluding carboxylic acids is 2. The number of carbonyl (C=O) groups is 2. The SMILES string of the molecule is COC(=O)c1c(C2C=CCC2)cc2c(c1-c1ccc(F)cc1)C(=O)CC(C)(C)C2. The van der Waals surface area contributed by atoms with E-state index in [1.807, 2.05) is 6.07 Å². The van der Waals surface area contributed by atoms with Gasteiger partial charge >= 0.3 is 5.97 Å². The lowest BCUT2D eigenvalue weighted by Crippen LogP contribution is -2.29. The fraction of sp³-hybridized carbons (Fsp3) is 0.360. The lowest BCUT2D eigenvalue weighted by molar-refractivity contribution is 0.0600. The second-order valence-corrected chi connectivity index (χ2v) is 8.80. The predicted octanol–water partition coefficient (Wildman–Crippen LogP) is 5.87. The molecule has 3 nitrogen and oxygen atoms in total. The van der Waals surface area contributed by atoms with E-state index in [0.717, 1.165) is 30.4 Å². The van der Waals surface area contributed by atoms with Crippen LogP contribution in [0, 0.1) is 11.2 Å². The highest BCUT2D eigenvalue weighted by atomic mass is 19.1. The quantitative estimate of drug-likeness (QED) is 0.485. The average Bonchev–Trinajstić information content (AvgIpc) is 3.20. The first-order valence-corrected chi connectivity index (χ1v) is 10.0. The van der Waals surface area contributed by atoms with Crippen molar-refractivity contribution in [2.45, 2.75) is 45.4 Å². The van der Waals surface area contributed by atoms with E-state index in [-0.39, 0.29) is 22.9 Å². The second-order valence-electron chi connectivity index (χ2n) is 8.80. The molecule has 0 radical (unpaired) electrons. The number of halogens is 1. The maximum absolute atomic E-state index is 13.6. The molecule has 4 rings (SSSR count). The van der Waals surface area contributed by atoms with Gasteiger partial charge in [0.25, 0.3) is 0 Å². The molecule has 0 aliphatic heterocycles. The molecule has 0 spiro atoms. The summed E-state index contributed by atoms with van der Waals surface area (Å²) < 4.78 is 18.7. The van der Waals surface area contributed by atoms with Crippen molar-refractivity contribution in [3.8, 4) is 11.1 Å². The van der Waals surface area contributed by atoms with Gasteiger partial charge in [0.05, 0.1) is 12.7 Å². The standard InChI is InChI=1S/C25H25FO3/c1-25(2)13-17-12-19(15-6-4-5-7-15)23(24(28)29-3)22(21(17)20(27)14-25)16-8-10-18(26)11-9-16/h4,6,8-12,15H,5,7,13-14H2,1-3H3. The van der Waals surface area contributed by atoms with Crippen LogP contribution in [0.5, 0.6) is 0 Å². The zero-order valence-corrected chi connectivity index (χ0v) is 17.0. The third kappa shape index (κ3) is 3.52. The number of allylic oxidation sites excluding steroid dienone is 2. The molecule has 29 heavy (non-hydrogen) atoms. The highest BCUT2D eigenvalue weighted by Crippen LogP contribution is 2.45. The van der Waals surface area contributed by atoms with Crippen molar-refractivity contribution >= 4 is 11.8 Å². The molecule has 1 atom stereocenters. The van der Waals surface area contributed by atoms with Crippen molar-refractivity contribution in [2.75, 3.05) is 7.11 Å². The van der Waals surface area contributed by atoms with Gasteiger partial charge in [0.15, 0.2) is 5.78 Å². The lowest BCUT2D eigenvalue weighted by Gasteiger charge is -2.33. The minimum absolute atomic E-state index is 0.0224. The number of hydrogen-bond acceptors (Lipinski definition) is 3. The molecule has 0 aromatic heterocycles. The Balaban J connectivity index is 2.08. The summed E-state index contributed by atoms with van der Waals surface area (Å²) in [6.45, 7) is 4.18. The van der Waals surface area contributed by atoms with Gasteiger partial charge in [0, 0.05) is 23.5 Å². The van der Waals surface area contributed by atoms with Crippen LogP contribution < -0.4 is 0 Å². The predicted molar refractivity (Wildman–Crippen MR) is 111 cm³/mol. The molecular formula is C25H25FO3. The highest BCUT2D eigenvalue weighted by Gasteiger charge is 2.37. The van der Waals surface area contributed by atoms with Crippen LogP contribution in [-0.4, -0.2) is 18.9 Å². The van der Waals surface area contributed by atoms with Crippen molar-refractivity contribution in [1.29, 1.82) is 0 Å². The molecule has 0 N–H and O–H groups in total. The number of ketones is 1. The van der Waals surface area contributed by atoms with E-state index in [2.05, 4.69) is 26.0 Å². The van der Waals surface area contributed by atoms with E-state index in [1.54, 1.807) is 12.1 Å². The molecule has 2 aliphatic rings. The normalized spacial score (nSPS) is 19.9. The molecule has 2 aliphatic carbocycles. The van der Waals surface area contributed by atoms with E-state index in [9.17, 15) is 14.0 Å². The van der Waals surface area contributed by atoms with Crippen molar-refractivity contribution in [3.63, 3.8) is 0 Å². The van der Waals surface area contributed by atoms with Crippen LogP contribution in [-0.2, 0) is 11.2 Å². The molecule has 0 saturated carbocycles. The van der Waals surface area contributed by atoms with Crippen molar-refractivity contribution < 1.29 is 18.7 Å². The maximum atomic E-state index is 13.6. The molecular weight excluding hydrogens is 367 g/mol. The van der Waals surface area contributed by atoms with E-state index in [4.69, 9.17) is 4.74 Å². The molecule has 2 aromatic carbocycles. The Kier molecular flexibility index (Phi) is 4.89. The van der Waals surface area contributed by atoms with Gasteiger partial charge in [-0.3, -0.25) is 4.79 Å². The van der Waals surface area contributed by atoms with Crippen molar-refractivity contribution in [3.05, 3.63) is 70.6 Å². The Labute approximate surface area is 170 Å². The van der Waals surface area contributed by atoms with Crippen molar-refractivity contribution in [2.24, 2.45) is 5.41 Å². The zero-order chi connectivity index (χ0) is 20.8. The zero-order valence-electron chi connectivity index (χ0n) is 17.0. The summed E-state index contributed by atoms with van der Waals surface area (Å²) in [6.07, 6.45) is 7.29. The number of Topliss-reactive ketones (excluding diaryl/α,β-unsaturated/α-hetero) is 1. The van der Waals surface area contributed by atoms with Gasteiger partial charge < -0.3 is 4.74 Å². The summed E-state index contributed by atoms with van der Waals surface area (Å²) in [5, 5.41) is 0. The average molecular weight is 392 g/mol. The van der Waals surface area contributed by atoms with Crippen molar-refractivity contribution in [1.82, 2.24) is 0 Å². The maximum Gasteiger partial charge on any atom is 0.338 e. The molecule has 0 fully saturated rings. The summed E-state index contributed by atoms with van der Waals surface area (Å²) in [7, 11) is 1.36. The van der Waals surface area contributed by atoms with Gasteiger partial charge in [-0.15, -0.1) is 0 Å². The molecule has 0 bridgehead atoms. The number of esters is 1. The minimum atomic E-state index is -0.458. The van der Waals surface area contributed by atoms with Crippen LogP contribution in [0.4, 0.5) is 4.39 Å². The molecule has 2 aromatic rings. The van der Waals surface area contributed by atoms with E-state index >= 15 is 0 Å². The number of methoxy groups -OCH3 is 1. The monoisotopic (exact) mass is 392 g/mol. The fourth-order valence-corrected chi connectivity index (χ4v) is 4.73. The summed E-state index contributed by atoms with van der Waals surface area (Å²) >= 11 is 0. The van der Waals surface area contributed by atoms with Crippen LogP contribution in [0.15, 0.2) is 42.5 Å². The van der Waals surface area contributed by atoms with Gasteiger partial charge in [-0.2, -0.15) is 0 Å². The summed E-state index contributed by atoms with van der Waals surface area (Å²) in [5.74, 6) is -0.687. The number of hydrogen-bond donors (Lipinski definition) is 0. The Hall–Kier alpha value is -2.75. The van der Waals surface area contributed by atoms with E-state index in [0.29, 0.717) is 28.7 Å². The smallest absolute Gasteiger partial charge is 0.338 e. The van der Waals surface area contributed by atoms with Gasteiger partial charge in [-0.25, -0.2) is 9.18 Å². The highest BCUT2D eigenvalue weighted by molar-refractivity contribution is 6.11. The molecule has 150 valence electrons. The van der Waals surface area contributed by atoms with Gasteiger partial charge in [0.1, 0.15) is 5.82 Å². The van der Waals surface area contributed by atoms with Crippen LogP contribution in [0.3, 0.4) is 0 Å². The minimum Gasteiger partial charge on any atom is -0.465 e. The molecule has 0 saturated heterocycles. The largest absolute Gasteiger partial charge is 0.465 e. The number of benzene rings is 2. The van der Waals surface area contributed by atoms with Crippen LogP contribution >= 0.6 is 0 Å². The van der Waals surface area contributed by atoms with Gasteiger partial charge in [0.2, 0.25) is 0 Å². The Bertz CT molecular complexity index is 1020. The Morgan fingerprint density at radius 2 is 1.86 bits per heavy atom. The first-order valence-electron chi connectivity index (χ1n) is 10.0. The number of ether oxygens (including phenoxy) is 1. The van der Waals surface area contributed by atoms with E-state index < -0.39 is 5.97 Å². The number of fused-ring (bicyclic) bond motifs is 1. The summed E-state index contributed by atoms with van der Waals surface area (Å²) in [5.41, 5.74) is 4.00. The van der Waals surface area contributed by atoms with E-state index in [1.165, 1.54) is 19.2 Å². The summed E-state index contributed by atoms with van der Waals surface area (Å²) in [4.78, 5) is 26.2. The second kappa shape index (κ2) is 7.25. The molecule has 1 unspecified atom stereocenters. The van der Waals surface area contributed by atoms with Crippen LogP contribution in [0.1, 0.15) is 70.9 Å². The van der Waals surface area contributed by atoms with Crippen LogP contribution in [0.2, 0.25) is 0 Å². The molecule has 0 heterocycles. The Morgan fingerprint density at radius 1 is 1.14 bits per heavy atom.